The molecule has 0 saturated heterocycles. The van der Waals surface area contributed by atoms with Gasteiger partial charge in [-0.1, -0.05) is 18.2 Å². The molecule has 0 bridgehead atoms. The van der Waals surface area contributed by atoms with Crippen molar-refractivity contribution in [1.82, 2.24) is 4.98 Å². The molecule has 3 rings (SSSR count). The van der Waals surface area contributed by atoms with Gasteiger partial charge in [0.1, 0.15) is 5.82 Å². The Kier molecular flexibility index (Phi) is 4.06. The molecule has 2 heterocycles. The Hall–Kier alpha value is -2.40. The fourth-order valence-electron chi connectivity index (χ4n) is 2.74. The predicted molar refractivity (Wildman–Crippen MR) is 87.5 cm³/mol. The van der Waals surface area contributed by atoms with Crippen molar-refractivity contribution in [2.75, 3.05) is 10.2 Å². The van der Waals surface area contributed by atoms with E-state index >= 15 is 0 Å². The molecule has 1 atom stereocenters. The van der Waals surface area contributed by atoms with Gasteiger partial charge in [-0.05, 0) is 36.2 Å². The molecular formula is C17H20N4O. The fourth-order valence-corrected chi connectivity index (χ4v) is 2.74. The van der Waals surface area contributed by atoms with Gasteiger partial charge in [0.05, 0.1) is 0 Å². The number of pyridine rings is 1. The van der Waals surface area contributed by atoms with Gasteiger partial charge >= 0.3 is 0 Å². The van der Waals surface area contributed by atoms with E-state index in [1.807, 2.05) is 37.3 Å². The number of anilines is 2. The quantitative estimate of drug-likeness (QED) is 0.908. The number of nitrogens with two attached hydrogens (primary N) is 1. The highest BCUT2D eigenvalue weighted by molar-refractivity contribution is 5.92. The zero-order chi connectivity index (χ0) is 15.5. The van der Waals surface area contributed by atoms with Crippen LogP contribution in [0.5, 0.6) is 0 Å². The van der Waals surface area contributed by atoms with Gasteiger partial charge in [0.2, 0.25) is 5.91 Å². The third-order valence-corrected chi connectivity index (χ3v) is 3.74. The van der Waals surface area contributed by atoms with Gasteiger partial charge in [0.25, 0.3) is 0 Å². The Morgan fingerprint density at radius 1 is 1.32 bits per heavy atom. The van der Waals surface area contributed by atoms with Crippen LogP contribution in [0.15, 0.2) is 42.6 Å². The van der Waals surface area contributed by atoms with E-state index in [-0.39, 0.29) is 11.9 Å². The van der Waals surface area contributed by atoms with Crippen LogP contribution in [0.2, 0.25) is 0 Å². The van der Waals surface area contributed by atoms with Crippen LogP contribution in [0.3, 0.4) is 0 Å². The van der Waals surface area contributed by atoms with E-state index in [9.17, 15) is 4.79 Å². The number of nitrogens with one attached hydrogen (secondary N) is 1. The van der Waals surface area contributed by atoms with Crippen LogP contribution < -0.4 is 16.0 Å². The third-order valence-electron chi connectivity index (χ3n) is 3.74. The summed E-state index contributed by atoms with van der Waals surface area (Å²) in [6, 6.07) is 11.8. The molecule has 1 aromatic carbocycles. The van der Waals surface area contributed by atoms with Crippen LogP contribution in [0.25, 0.3) is 0 Å². The molecule has 0 radical (unpaired) electrons. The zero-order valence-electron chi connectivity index (χ0n) is 12.6. The highest BCUT2D eigenvalue weighted by atomic mass is 16.1. The molecule has 3 N–H and O–H groups in total. The summed E-state index contributed by atoms with van der Waals surface area (Å²) >= 11 is 0. The number of benzene rings is 1. The van der Waals surface area contributed by atoms with Crippen molar-refractivity contribution in [1.29, 1.82) is 0 Å². The van der Waals surface area contributed by atoms with E-state index in [1.165, 1.54) is 5.56 Å². The number of fused-ring (bicyclic) bond motifs is 1. The Bertz CT molecular complexity index is 670. The van der Waals surface area contributed by atoms with E-state index in [4.69, 9.17) is 5.73 Å². The molecule has 2 aromatic rings. The molecular weight excluding hydrogens is 276 g/mol. The topological polar surface area (TPSA) is 71.2 Å². The molecule has 1 aromatic heterocycles. The summed E-state index contributed by atoms with van der Waals surface area (Å²) in [7, 11) is 0. The Labute approximate surface area is 130 Å². The molecule has 22 heavy (non-hydrogen) atoms. The van der Waals surface area contributed by atoms with Crippen LogP contribution in [0.4, 0.5) is 11.5 Å². The highest BCUT2D eigenvalue weighted by Crippen LogP contribution is 2.31. The Morgan fingerprint density at radius 2 is 2.18 bits per heavy atom. The van der Waals surface area contributed by atoms with E-state index in [2.05, 4.69) is 21.3 Å². The molecule has 5 heteroatoms. The lowest BCUT2D eigenvalue weighted by molar-refractivity contribution is -0.116. The van der Waals surface area contributed by atoms with Crippen molar-refractivity contribution in [2.24, 2.45) is 5.73 Å². The van der Waals surface area contributed by atoms with Crippen LogP contribution in [0, 0.1) is 0 Å². The molecule has 0 spiro atoms. The normalized spacial score (nSPS) is 14.5. The number of carbonyl (C=O) groups is 1. The number of carbonyl (C=O) groups excluding carboxylic acids is 1. The van der Waals surface area contributed by atoms with Crippen molar-refractivity contribution < 1.29 is 4.79 Å². The number of amides is 1. The van der Waals surface area contributed by atoms with Gasteiger partial charge in [0, 0.05) is 37.4 Å². The molecule has 1 unspecified atom stereocenters. The second kappa shape index (κ2) is 6.15. The highest BCUT2D eigenvalue weighted by Gasteiger charge is 2.23. The lowest BCUT2D eigenvalue weighted by Gasteiger charge is -2.16. The number of aromatic nitrogens is 1. The first-order valence-electron chi connectivity index (χ1n) is 7.45. The molecule has 0 saturated carbocycles. The van der Waals surface area contributed by atoms with Crippen molar-refractivity contribution in [3.63, 3.8) is 0 Å². The van der Waals surface area contributed by atoms with Crippen molar-refractivity contribution in [3.05, 3.63) is 53.7 Å². The summed E-state index contributed by atoms with van der Waals surface area (Å²) in [6.07, 6.45) is 2.12. The minimum Gasteiger partial charge on any atom is -0.348 e. The number of nitrogens with zero attached hydrogens (tertiary/aromatic N) is 2. The van der Waals surface area contributed by atoms with Crippen molar-refractivity contribution in [3.8, 4) is 0 Å². The number of hydrogen-bond donors (Lipinski definition) is 2. The molecule has 1 amide bonds. The molecule has 114 valence electrons. The maximum absolute atomic E-state index is 12.0. The largest absolute Gasteiger partial charge is 0.348 e. The average Bonchev–Trinajstić information content (AvgIpc) is 2.92. The zero-order valence-corrected chi connectivity index (χ0v) is 12.6. The van der Waals surface area contributed by atoms with E-state index < -0.39 is 0 Å². The SMILES string of the molecule is CC(N)CC(=O)Nc1cccc2c1CN(c1ccccn1)C2. The first kappa shape index (κ1) is 14.5. The summed E-state index contributed by atoms with van der Waals surface area (Å²) in [6.45, 7) is 3.39. The van der Waals surface area contributed by atoms with Gasteiger partial charge in [0.15, 0.2) is 0 Å². The third kappa shape index (κ3) is 3.09. The van der Waals surface area contributed by atoms with Crippen LogP contribution in [-0.2, 0) is 17.9 Å². The van der Waals surface area contributed by atoms with Crippen molar-refractivity contribution >= 4 is 17.4 Å². The summed E-state index contributed by atoms with van der Waals surface area (Å²) in [5, 5.41) is 2.98. The number of hydrogen-bond acceptors (Lipinski definition) is 4. The second-order valence-electron chi connectivity index (χ2n) is 5.72. The minimum absolute atomic E-state index is 0.0420. The van der Waals surface area contributed by atoms with E-state index in [0.717, 1.165) is 30.2 Å². The molecule has 0 fully saturated rings. The summed E-state index contributed by atoms with van der Waals surface area (Å²) < 4.78 is 0. The first-order chi connectivity index (χ1) is 10.6. The smallest absolute Gasteiger partial charge is 0.225 e. The Morgan fingerprint density at radius 3 is 2.91 bits per heavy atom. The average molecular weight is 296 g/mol. The van der Waals surface area contributed by atoms with Gasteiger partial charge in [-0.15, -0.1) is 0 Å². The van der Waals surface area contributed by atoms with Crippen LogP contribution >= 0.6 is 0 Å². The molecule has 1 aliphatic rings. The van der Waals surface area contributed by atoms with Crippen LogP contribution in [-0.4, -0.2) is 16.9 Å². The van der Waals surface area contributed by atoms with Gasteiger partial charge in [-0.3, -0.25) is 4.79 Å². The molecule has 0 aliphatic carbocycles. The lowest BCUT2D eigenvalue weighted by atomic mass is 10.1. The monoisotopic (exact) mass is 296 g/mol. The summed E-state index contributed by atoms with van der Waals surface area (Å²) in [5.74, 6) is 0.909. The minimum atomic E-state index is -0.137. The second-order valence-corrected chi connectivity index (χ2v) is 5.72. The molecule has 5 nitrogen and oxygen atoms in total. The number of rotatable bonds is 4. The first-order valence-corrected chi connectivity index (χ1v) is 7.45. The standard InChI is InChI=1S/C17H20N4O/c1-12(18)9-17(22)20-15-6-4-5-13-10-21(11-14(13)15)16-7-2-3-8-19-16/h2-8,12H,9-11,18H2,1H3,(H,20,22). The van der Waals surface area contributed by atoms with E-state index in [1.54, 1.807) is 6.20 Å². The summed E-state index contributed by atoms with van der Waals surface area (Å²) in [5.41, 5.74) is 8.94. The predicted octanol–water partition coefficient (Wildman–Crippen LogP) is 2.28. The van der Waals surface area contributed by atoms with Crippen molar-refractivity contribution in [2.45, 2.75) is 32.5 Å². The van der Waals surface area contributed by atoms with Gasteiger partial charge < -0.3 is 16.0 Å². The lowest BCUT2D eigenvalue weighted by Crippen LogP contribution is -2.24. The van der Waals surface area contributed by atoms with Gasteiger partial charge in [-0.25, -0.2) is 4.98 Å². The Balaban J connectivity index is 1.78. The summed E-state index contributed by atoms with van der Waals surface area (Å²) in [4.78, 5) is 18.6. The molecule has 1 aliphatic heterocycles. The fraction of sp³-hybridized carbons (Fsp3) is 0.294. The maximum atomic E-state index is 12.0. The van der Waals surface area contributed by atoms with E-state index in [0.29, 0.717) is 6.42 Å². The van der Waals surface area contributed by atoms with Gasteiger partial charge in [-0.2, -0.15) is 0 Å². The van der Waals surface area contributed by atoms with Crippen LogP contribution in [0.1, 0.15) is 24.5 Å². The maximum Gasteiger partial charge on any atom is 0.225 e.